The van der Waals surface area contributed by atoms with Crippen LogP contribution in [0.3, 0.4) is 0 Å². The first kappa shape index (κ1) is 19.1. The van der Waals surface area contributed by atoms with E-state index in [1.807, 2.05) is 81.0 Å². The van der Waals surface area contributed by atoms with Gasteiger partial charge in [-0.05, 0) is 17.2 Å². The van der Waals surface area contributed by atoms with E-state index in [4.69, 9.17) is 10.8 Å². The second-order valence-electron chi connectivity index (χ2n) is 8.36. The third-order valence-corrected chi connectivity index (χ3v) is 5.49. The monoisotopic (exact) mass is 387 g/mol. The number of nitrogens with zero attached hydrogens (tertiary/aromatic N) is 4. The highest BCUT2D eigenvalue weighted by molar-refractivity contribution is 5.83. The Hall–Kier alpha value is -3.25. The summed E-state index contributed by atoms with van der Waals surface area (Å²) in [7, 11) is 1.90. The van der Waals surface area contributed by atoms with E-state index in [9.17, 15) is 5.11 Å². The third kappa shape index (κ3) is 3.06. The normalized spacial score (nSPS) is 14.1. The van der Waals surface area contributed by atoms with Crippen LogP contribution >= 0.6 is 0 Å². The zero-order valence-corrected chi connectivity index (χ0v) is 17.1. The summed E-state index contributed by atoms with van der Waals surface area (Å²) in [6, 6.07) is 15.8. The van der Waals surface area contributed by atoms with Crippen LogP contribution in [0.1, 0.15) is 32.0 Å². The van der Waals surface area contributed by atoms with E-state index >= 15 is 0 Å². The number of aliphatic hydroxyl groups is 1. The van der Waals surface area contributed by atoms with E-state index in [1.54, 1.807) is 12.4 Å². The number of hydrogen-bond acceptors (Lipinski definition) is 5. The summed E-state index contributed by atoms with van der Waals surface area (Å²) in [5.74, 6) is 0.245. The van der Waals surface area contributed by atoms with Crippen molar-refractivity contribution in [3.63, 3.8) is 0 Å². The number of fused-ring (bicyclic) bond motifs is 1. The van der Waals surface area contributed by atoms with E-state index in [-0.39, 0.29) is 5.95 Å². The highest BCUT2D eigenvalue weighted by Crippen LogP contribution is 2.46. The van der Waals surface area contributed by atoms with Crippen LogP contribution in [0.2, 0.25) is 0 Å². The highest BCUT2D eigenvalue weighted by Gasteiger charge is 2.46. The average molecular weight is 387 g/mol. The number of rotatable bonds is 3. The van der Waals surface area contributed by atoms with Crippen molar-refractivity contribution in [3.05, 3.63) is 72.2 Å². The van der Waals surface area contributed by atoms with Crippen LogP contribution in [0.4, 0.5) is 5.95 Å². The molecule has 0 aliphatic rings. The van der Waals surface area contributed by atoms with Crippen molar-refractivity contribution in [3.8, 4) is 11.1 Å². The van der Waals surface area contributed by atoms with Crippen LogP contribution in [0, 0.1) is 5.41 Å². The molecule has 2 heterocycles. The molecule has 3 N–H and O–H groups in total. The maximum atomic E-state index is 12.1. The van der Waals surface area contributed by atoms with Gasteiger partial charge in [0.05, 0.1) is 5.52 Å². The first-order valence-electron chi connectivity index (χ1n) is 9.55. The van der Waals surface area contributed by atoms with Crippen LogP contribution in [-0.2, 0) is 12.6 Å². The Balaban J connectivity index is 1.86. The van der Waals surface area contributed by atoms with Crippen molar-refractivity contribution in [2.45, 2.75) is 26.4 Å². The Morgan fingerprint density at radius 2 is 1.52 bits per heavy atom. The van der Waals surface area contributed by atoms with Crippen molar-refractivity contribution in [1.29, 1.82) is 0 Å². The Kier molecular flexibility index (Phi) is 4.39. The molecule has 2 aromatic heterocycles. The molecule has 4 rings (SSSR count). The number of aromatic nitrogens is 4. The van der Waals surface area contributed by atoms with Gasteiger partial charge in [0, 0.05) is 35.8 Å². The summed E-state index contributed by atoms with van der Waals surface area (Å²) in [5.41, 5.74) is 8.07. The van der Waals surface area contributed by atoms with Crippen LogP contribution in [0.5, 0.6) is 0 Å². The maximum absolute atomic E-state index is 12.1. The van der Waals surface area contributed by atoms with Crippen LogP contribution < -0.4 is 5.73 Å². The summed E-state index contributed by atoms with van der Waals surface area (Å²) in [6.07, 6.45) is 3.39. The molecule has 0 bridgehead atoms. The standard InChI is InChI=1S/C23H25N5O/c1-22(2,3)23(29,20-18-7-5-6-8-19(18)28(4)27-20)17-11-9-15(10-12-17)16-13-25-21(24)26-14-16/h5-14,29H,1-4H3,(H2,24,25,26). The third-order valence-electron chi connectivity index (χ3n) is 5.49. The van der Waals surface area contributed by atoms with E-state index in [0.29, 0.717) is 5.69 Å². The Labute approximate surface area is 170 Å². The molecule has 0 amide bonds. The van der Waals surface area contributed by atoms with Gasteiger partial charge in [-0.25, -0.2) is 9.97 Å². The summed E-state index contributed by atoms with van der Waals surface area (Å²) < 4.78 is 1.82. The molecular formula is C23H25N5O. The molecule has 0 aliphatic heterocycles. The summed E-state index contributed by atoms with van der Waals surface area (Å²) >= 11 is 0. The zero-order chi connectivity index (χ0) is 20.8. The fourth-order valence-corrected chi connectivity index (χ4v) is 3.80. The smallest absolute Gasteiger partial charge is 0.219 e. The van der Waals surface area contributed by atoms with Gasteiger partial charge >= 0.3 is 0 Å². The zero-order valence-electron chi connectivity index (χ0n) is 17.1. The van der Waals surface area contributed by atoms with Gasteiger partial charge in [-0.2, -0.15) is 5.10 Å². The SMILES string of the molecule is Cn1nc(C(O)(c2ccc(-c3cnc(N)nc3)cc2)C(C)(C)C)c2ccccc21. The van der Waals surface area contributed by atoms with Gasteiger partial charge in [-0.15, -0.1) is 0 Å². The van der Waals surface area contributed by atoms with Gasteiger partial charge in [0.2, 0.25) is 5.95 Å². The number of anilines is 1. The Morgan fingerprint density at radius 3 is 2.14 bits per heavy atom. The number of aryl methyl sites for hydroxylation is 1. The maximum Gasteiger partial charge on any atom is 0.219 e. The van der Waals surface area contributed by atoms with Crippen molar-refractivity contribution >= 4 is 16.9 Å². The van der Waals surface area contributed by atoms with Gasteiger partial charge in [-0.3, -0.25) is 4.68 Å². The number of nitrogens with two attached hydrogens (primary N) is 1. The van der Waals surface area contributed by atoms with Gasteiger partial charge in [0.1, 0.15) is 11.3 Å². The second-order valence-corrected chi connectivity index (χ2v) is 8.36. The van der Waals surface area contributed by atoms with Crippen molar-refractivity contribution in [2.24, 2.45) is 12.5 Å². The molecule has 2 aromatic carbocycles. The highest BCUT2D eigenvalue weighted by atomic mass is 16.3. The number of hydrogen-bond donors (Lipinski definition) is 2. The average Bonchev–Trinajstić information content (AvgIpc) is 3.04. The minimum atomic E-state index is -1.27. The molecule has 0 radical (unpaired) electrons. The largest absolute Gasteiger partial charge is 0.378 e. The van der Waals surface area contributed by atoms with E-state index in [1.165, 1.54) is 0 Å². The quantitative estimate of drug-likeness (QED) is 0.556. The fourth-order valence-electron chi connectivity index (χ4n) is 3.80. The van der Waals surface area contributed by atoms with Crippen LogP contribution in [0.15, 0.2) is 60.9 Å². The molecule has 0 aliphatic carbocycles. The van der Waals surface area contributed by atoms with E-state index < -0.39 is 11.0 Å². The first-order valence-corrected chi connectivity index (χ1v) is 9.55. The topological polar surface area (TPSA) is 89.8 Å². The van der Waals surface area contributed by atoms with Crippen molar-refractivity contribution in [1.82, 2.24) is 19.7 Å². The van der Waals surface area contributed by atoms with Gasteiger partial charge in [0.25, 0.3) is 0 Å². The molecule has 0 spiro atoms. The summed E-state index contributed by atoms with van der Waals surface area (Å²) in [5, 5.41) is 17.8. The molecule has 1 atom stereocenters. The molecule has 6 nitrogen and oxygen atoms in total. The molecule has 0 fully saturated rings. The second kappa shape index (κ2) is 6.67. The van der Waals surface area contributed by atoms with E-state index in [2.05, 4.69) is 9.97 Å². The lowest BCUT2D eigenvalue weighted by Gasteiger charge is -2.40. The molecule has 0 saturated heterocycles. The molecule has 4 aromatic rings. The number of benzene rings is 2. The molecule has 148 valence electrons. The number of nitrogen functional groups attached to an aromatic ring is 1. The molecule has 1 unspecified atom stereocenters. The lowest BCUT2D eigenvalue weighted by atomic mass is 9.69. The van der Waals surface area contributed by atoms with Crippen LogP contribution in [0.25, 0.3) is 22.0 Å². The van der Waals surface area contributed by atoms with Gasteiger partial charge < -0.3 is 10.8 Å². The lowest BCUT2D eigenvalue weighted by molar-refractivity contribution is -0.0287. The predicted molar refractivity (Wildman–Crippen MR) is 115 cm³/mol. The molecule has 0 saturated carbocycles. The van der Waals surface area contributed by atoms with Crippen molar-refractivity contribution in [2.75, 3.05) is 5.73 Å². The predicted octanol–water partition coefficient (Wildman–Crippen LogP) is 3.89. The summed E-state index contributed by atoms with van der Waals surface area (Å²) in [6.45, 7) is 6.08. The molecule has 6 heteroatoms. The first-order chi connectivity index (χ1) is 13.7. The molecular weight excluding hydrogens is 362 g/mol. The minimum Gasteiger partial charge on any atom is -0.378 e. The summed E-state index contributed by atoms with van der Waals surface area (Å²) in [4.78, 5) is 8.11. The fraction of sp³-hybridized carbons (Fsp3) is 0.261. The van der Waals surface area contributed by atoms with Gasteiger partial charge in [0.15, 0.2) is 0 Å². The Morgan fingerprint density at radius 1 is 0.897 bits per heavy atom. The van der Waals surface area contributed by atoms with Crippen LogP contribution in [-0.4, -0.2) is 24.9 Å². The minimum absolute atomic E-state index is 0.245. The van der Waals surface area contributed by atoms with Gasteiger partial charge in [-0.1, -0.05) is 63.2 Å². The Bertz CT molecular complexity index is 1160. The number of para-hydroxylation sites is 1. The lowest BCUT2D eigenvalue weighted by Crippen LogP contribution is -2.41. The van der Waals surface area contributed by atoms with Crippen molar-refractivity contribution < 1.29 is 5.11 Å². The van der Waals surface area contributed by atoms with E-state index in [0.717, 1.165) is 27.6 Å². The molecule has 29 heavy (non-hydrogen) atoms.